The average Bonchev–Trinajstić information content (AvgIpc) is 2.29. The molecule has 0 spiro atoms. The lowest BCUT2D eigenvalue weighted by atomic mass is 9.87. The Morgan fingerprint density at radius 3 is 2.88 bits per heavy atom. The molecule has 1 aromatic rings. The van der Waals surface area contributed by atoms with E-state index in [1.807, 2.05) is 13.0 Å². The minimum Gasteiger partial charge on any atom is -0.508 e. The second-order valence-electron chi connectivity index (χ2n) is 4.42. The van der Waals surface area contributed by atoms with Gasteiger partial charge >= 0.3 is 6.09 Å². The number of phenolic OH excluding ortho intramolecular Hbond substituents is 1. The van der Waals surface area contributed by atoms with Crippen molar-refractivity contribution in [3.63, 3.8) is 0 Å². The fourth-order valence-corrected chi connectivity index (χ4v) is 2.54. The van der Waals surface area contributed by atoms with Gasteiger partial charge in [0, 0.05) is 12.6 Å². The second-order valence-corrected chi connectivity index (χ2v) is 4.42. The summed E-state index contributed by atoms with van der Waals surface area (Å²) in [5.74, 6) is 0.285. The van der Waals surface area contributed by atoms with Crippen LogP contribution in [-0.2, 0) is 12.8 Å². The van der Waals surface area contributed by atoms with Gasteiger partial charge in [0.05, 0.1) is 0 Å². The number of phenols is 1. The Hall–Kier alpha value is -1.71. The number of nitrogens with zero attached hydrogens (tertiary/aromatic N) is 1. The highest BCUT2D eigenvalue weighted by atomic mass is 16.4. The molecule has 92 valence electrons. The highest BCUT2D eigenvalue weighted by Crippen LogP contribution is 2.27. The number of amides is 1. The van der Waals surface area contributed by atoms with Crippen LogP contribution >= 0.6 is 0 Å². The third-order valence-electron chi connectivity index (χ3n) is 3.42. The second kappa shape index (κ2) is 4.65. The minimum atomic E-state index is -0.847. The molecule has 1 aromatic carbocycles. The first-order chi connectivity index (χ1) is 8.11. The molecule has 1 amide bonds. The molecule has 0 bridgehead atoms. The minimum absolute atomic E-state index is 0.0644. The van der Waals surface area contributed by atoms with E-state index < -0.39 is 6.09 Å². The van der Waals surface area contributed by atoms with Gasteiger partial charge in [0.2, 0.25) is 0 Å². The first-order valence-electron chi connectivity index (χ1n) is 5.92. The topological polar surface area (TPSA) is 60.8 Å². The largest absolute Gasteiger partial charge is 0.508 e. The van der Waals surface area contributed by atoms with Crippen LogP contribution in [0, 0.1) is 0 Å². The quantitative estimate of drug-likeness (QED) is 0.826. The van der Waals surface area contributed by atoms with Crippen LogP contribution in [0.4, 0.5) is 4.79 Å². The predicted molar refractivity (Wildman–Crippen MR) is 64.3 cm³/mol. The third kappa shape index (κ3) is 2.35. The molecule has 1 atom stereocenters. The lowest BCUT2D eigenvalue weighted by Crippen LogP contribution is -2.42. The lowest BCUT2D eigenvalue weighted by Gasteiger charge is -2.32. The molecule has 4 nitrogen and oxygen atoms in total. The summed E-state index contributed by atoms with van der Waals surface area (Å²) < 4.78 is 0. The number of aromatic hydroxyl groups is 1. The van der Waals surface area contributed by atoms with E-state index in [0.29, 0.717) is 6.54 Å². The van der Waals surface area contributed by atoms with E-state index in [1.165, 1.54) is 4.90 Å². The normalized spacial score (nSPS) is 18.5. The summed E-state index contributed by atoms with van der Waals surface area (Å²) in [7, 11) is 0. The van der Waals surface area contributed by atoms with Gasteiger partial charge in [-0.2, -0.15) is 0 Å². The van der Waals surface area contributed by atoms with E-state index >= 15 is 0 Å². The van der Waals surface area contributed by atoms with Crippen LogP contribution < -0.4 is 0 Å². The maximum Gasteiger partial charge on any atom is 0.407 e. The number of benzene rings is 1. The molecule has 0 aliphatic heterocycles. The van der Waals surface area contributed by atoms with Gasteiger partial charge in [0.15, 0.2) is 0 Å². The molecule has 2 N–H and O–H groups in total. The summed E-state index contributed by atoms with van der Waals surface area (Å²) in [6, 6.07) is 5.41. The van der Waals surface area contributed by atoms with Crippen LogP contribution in [0.2, 0.25) is 0 Å². The number of rotatable bonds is 2. The van der Waals surface area contributed by atoms with Gasteiger partial charge in [-0.25, -0.2) is 4.79 Å². The fourth-order valence-electron chi connectivity index (χ4n) is 2.54. The van der Waals surface area contributed by atoms with Crippen molar-refractivity contribution in [2.24, 2.45) is 0 Å². The van der Waals surface area contributed by atoms with Gasteiger partial charge < -0.3 is 15.1 Å². The molecular weight excluding hydrogens is 218 g/mol. The van der Waals surface area contributed by atoms with Crippen LogP contribution in [-0.4, -0.2) is 33.8 Å². The molecule has 0 heterocycles. The average molecular weight is 235 g/mol. The van der Waals surface area contributed by atoms with E-state index in [2.05, 4.69) is 0 Å². The van der Waals surface area contributed by atoms with Crippen molar-refractivity contribution in [3.8, 4) is 5.75 Å². The number of carbonyl (C=O) groups is 1. The van der Waals surface area contributed by atoms with Gasteiger partial charge in [-0.05, 0) is 49.4 Å². The Labute approximate surface area is 100 Å². The zero-order valence-electron chi connectivity index (χ0n) is 9.89. The fraction of sp³-hybridized carbons (Fsp3) is 0.462. The number of fused-ring (bicyclic) bond motifs is 1. The van der Waals surface area contributed by atoms with Crippen molar-refractivity contribution in [3.05, 3.63) is 29.3 Å². The smallest absolute Gasteiger partial charge is 0.407 e. The summed E-state index contributed by atoms with van der Waals surface area (Å²) >= 11 is 0. The number of hydrogen-bond donors (Lipinski definition) is 2. The van der Waals surface area contributed by atoms with Gasteiger partial charge in [0.1, 0.15) is 5.75 Å². The first kappa shape index (κ1) is 11.8. The first-order valence-corrected chi connectivity index (χ1v) is 5.92. The summed E-state index contributed by atoms with van der Waals surface area (Å²) in [6.45, 7) is 2.38. The highest BCUT2D eigenvalue weighted by molar-refractivity contribution is 5.65. The maximum atomic E-state index is 11.1. The number of likely N-dealkylation sites (N-methyl/N-ethyl adjacent to an activating group) is 1. The Kier molecular flexibility index (Phi) is 3.22. The van der Waals surface area contributed by atoms with E-state index in [9.17, 15) is 9.90 Å². The van der Waals surface area contributed by atoms with Crippen molar-refractivity contribution < 1.29 is 15.0 Å². The molecule has 0 fully saturated rings. The lowest BCUT2D eigenvalue weighted by molar-refractivity contribution is 0.122. The molecule has 0 saturated carbocycles. The molecule has 0 saturated heterocycles. The molecule has 0 aromatic heterocycles. The Balaban J connectivity index is 2.18. The summed E-state index contributed by atoms with van der Waals surface area (Å²) in [5.41, 5.74) is 2.29. The van der Waals surface area contributed by atoms with Crippen LogP contribution in [0.5, 0.6) is 5.75 Å². The molecule has 4 heteroatoms. The van der Waals surface area contributed by atoms with Gasteiger partial charge in [-0.1, -0.05) is 6.07 Å². The zero-order valence-corrected chi connectivity index (χ0v) is 9.89. The van der Waals surface area contributed by atoms with Gasteiger partial charge in [-0.15, -0.1) is 0 Å². The number of aryl methyl sites for hydroxylation is 1. The SMILES string of the molecule is CCN(C(=O)O)C1CCc2cc(O)ccc2C1. The molecule has 1 unspecified atom stereocenters. The number of carboxylic acid groups (broad SMARTS) is 1. The summed E-state index contributed by atoms with van der Waals surface area (Å²) in [6.07, 6.45) is 1.56. The van der Waals surface area contributed by atoms with E-state index in [0.717, 1.165) is 30.4 Å². The monoisotopic (exact) mass is 235 g/mol. The molecule has 1 aliphatic rings. The Morgan fingerprint density at radius 2 is 2.24 bits per heavy atom. The maximum absolute atomic E-state index is 11.1. The van der Waals surface area contributed by atoms with Gasteiger partial charge in [-0.3, -0.25) is 0 Å². The predicted octanol–water partition coefficient (Wildman–Crippen LogP) is 2.25. The molecule has 1 aliphatic carbocycles. The van der Waals surface area contributed by atoms with E-state index in [1.54, 1.807) is 12.1 Å². The van der Waals surface area contributed by atoms with Gasteiger partial charge in [0.25, 0.3) is 0 Å². The van der Waals surface area contributed by atoms with Crippen LogP contribution in [0.3, 0.4) is 0 Å². The van der Waals surface area contributed by atoms with Crippen molar-refractivity contribution in [2.75, 3.05) is 6.54 Å². The molecular formula is C13H17NO3. The zero-order chi connectivity index (χ0) is 12.4. The number of hydrogen-bond acceptors (Lipinski definition) is 2. The van der Waals surface area contributed by atoms with E-state index in [4.69, 9.17) is 5.11 Å². The van der Waals surface area contributed by atoms with Crippen LogP contribution in [0.15, 0.2) is 18.2 Å². The standard InChI is InChI=1S/C13H17NO3/c1-2-14(13(16)17)11-5-3-10-8-12(15)6-4-9(10)7-11/h4,6,8,11,15H,2-3,5,7H2,1H3,(H,16,17). The summed E-state index contributed by atoms with van der Waals surface area (Å²) in [4.78, 5) is 12.6. The van der Waals surface area contributed by atoms with Crippen molar-refractivity contribution >= 4 is 6.09 Å². The van der Waals surface area contributed by atoms with Crippen molar-refractivity contribution in [1.82, 2.24) is 4.90 Å². The molecule has 0 radical (unpaired) electrons. The van der Waals surface area contributed by atoms with Crippen LogP contribution in [0.25, 0.3) is 0 Å². The Morgan fingerprint density at radius 1 is 1.47 bits per heavy atom. The Bertz CT molecular complexity index is 431. The molecule has 17 heavy (non-hydrogen) atoms. The third-order valence-corrected chi connectivity index (χ3v) is 3.42. The van der Waals surface area contributed by atoms with Crippen LogP contribution in [0.1, 0.15) is 24.5 Å². The van der Waals surface area contributed by atoms with E-state index in [-0.39, 0.29) is 11.8 Å². The summed E-state index contributed by atoms with van der Waals surface area (Å²) in [5, 5.41) is 18.5. The molecule has 2 rings (SSSR count). The van der Waals surface area contributed by atoms with Crippen molar-refractivity contribution in [2.45, 2.75) is 32.2 Å². The highest BCUT2D eigenvalue weighted by Gasteiger charge is 2.26. The van der Waals surface area contributed by atoms with Crippen molar-refractivity contribution in [1.29, 1.82) is 0 Å².